The van der Waals surface area contributed by atoms with Crippen molar-refractivity contribution in [3.63, 3.8) is 0 Å². The minimum Gasteiger partial charge on any atom is -0.386 e. The van der Waals surface area contributed by atoms with Crippen LogP contribution in [0.25, 0.3) is 0 Å². The van der Waals surface area contributed by atoms with Gasteiger partial charge in [0.1, 0.15) is 12.4 Å². The molecule has 2 rings (SSSR count). The van der Waals surface area contributed by atoms with Gasteiger partial charge in [-0.15, -0.1) is 0 Å². The number of benzene rings is 1. The van der Waals surface area contributed by atoms with E-state index < -0.39 is 6.10 Å². The molecular formula is C12H11BrN2O. The van der Waals surface area contributed by atoms with Gasteiger partial charge in [-0.2, -0.15) is 0 Å². The SMILES string of the molecule is OC(Cc1ccc(Br)cc1)c1ccncn1. The van der Waals surface area contributed by atoms with E-state index in [1.165, 1.54) is 6.33 Å². The van der Waals surface area contributed by atoms with Crippen LogP contribution in [-0.4, -0.2) is 15.1 Å². The molecule has 2 aromatic rings. The van der Waals surface area contributed by atoms with Crippen molar-refractivity contribution < 1.29 is 5.11 Å². The van der Waals surface area contributed by atoms with Gasteiger partial charge < -0.3 is 5.11 Å². The molecule has 0 bridgehead atoms. The third kappa shape index (κ3) is 2.87. The first kappa shape index (κ1) is 11.2. The summed E-state index contributed by atoms with van der Waals surface area (Å²) in [6.45, 7) is 0. The normalized spacial score (nSPS) is 12.4. The summed E-state index contributed by atoms with van der Waals surface area (Å²) in [5.41, 5.74) is 1.73. The molecule has 0 fully saturated rings. The van der Waals surface area contributed by atoms with Crippen LogP contribution in [0.1, 0.15) is 17.4 Å². The zero-order chi connectivity index (χ0) is 11.4. The summed E-state index contributed by atoms with van der Waals surface area (Å²) in [6, 6.07) is 9.61. The Bertz CT molecular complexity index is 444. The monoisotopic (exact) mass is 278 g/mol. The highest BCUT2D eigenvalue weighted by Gasteiger charge is 2.09. The van der Waals surface area contributed by atoms with Crippen LogP contribution in [-0.2, 0) is 6.42 Å². The minimum atomic E-state index is -0.579. The van der Waals surface area contributed by atoms with Crippen molar-refractivity contribution in [1.29, 1.82) is 0 Å². The van der Waals surface area contributed by atoms with Crippen molar-refractivity contribution in [2.24, 2.45) is 0 Å². The van der Waals surface area contributed by atoms with Crippen LogP contribution < -0.4 is 0 Å². The number of aliphatic hydroxyl groups is 1. The van der Waals surface area contributed by atoms with Crippen molar-refractivity contribution in [3.8, 4) is 0 Å². The van der Waals surface area contributed by atoms with Crippen LogP contribution in [0.15, 0.2) is 47.3 Å². The Morgan fingerprint density at radius 2 is 1.94 bits per heavy atom. The lowest BCUT2D eigenvalue weighted by Crippen LogP contribution is -2.04. The molecule has 1 unspecified atom stereocenters. The standard InChI is InChI=1S/C12H11BrN2O/c13-10-3-1-9(2-4-10)7-12(16)11-5-6-14-8-15-11/h1-6,8,12,16H,7H2. The third-order valence-corrected chi connectivity index (χ3v) is 2.82. The first-order valence-corrected chi connectivity index (χ1v) is 5.73. The van der Waals surface area contributed by atoms with Crippen molar-refractivity contribution in [2.75, 3.05) is 0 Å². The lowest BCUT2D eigenvalue weighted by atomic mass is 10.1. The Labute approximate surface area is 102 Å². The molecule has 0 radical (unpaired) electrons. The van der Waals surface area contributed by atoms with Crippen LogP contribution in [0.5, 0.6) is 0 Å². The summed E-state index contributed by atoms with van der Waals surface area (Å²) >= 11 is 3.37. The van der Waals surface area contributed by atoms with E-state index in [2.05, 4.69) is 25.9 Å². The number of aromatic nitrogens is 2. The largest absolute Gasteiger partial charge is 0.386 e. The molecule has 1 atom stereocenters. The van der Waals surface area contributed by atoms with Crippen LogP contribution in [0.2, 0.25) is 0 Å². The van der Waals surface area contributed by atoms with Gasteiger partial charge >= 0.3 is 0 Å². The molecule has 0 saturated heterocycles. The molecule has 1 aromatic carbocycles. The highest BCUT2D eigenvalue weighted by Crippen LogP contribution is 2.17. The molecule has 0 aliphatic rings. The lowest BCUT2D eigenvalue weighted by molar-refractivity contribution is 0.173. The molecule has 1 N–H and O–H groups in total. The topological polar surface area (TPSA) is 46.0 Å². The van der Waals surface area contributed by atoms with Crippen molar-refractivity contribution >= 4 is 15.9 Å². The first-order chi connectivity index (χ1) is 7.75. The average molecular weight is 279 g/mol. The minimum absolute atomic E-state index is 0.560. The summed E-state index contributed by atoms with van der Waals surface area (Å²) in [5, 5.41) is 9.94. The van der Waals surface area contributed by atoms with Gasteiger partial charge in [-0.25, -0.2) is 9.97 Å². The zero-order valence-electron chi connectivity index (χ0n) is 8.55. The molecule has 1 heterocycles. The van der Waals surface area contributed by atoms with Gasteiger partial charge in [-0.1, -0.05) is 28.1 Å². The van der Waals surface area contributed by atoms with Gasteiger partial charge in [-0.3, -0.25) is 0 Å². The van der Waals surface area contributed by atoms with Gasteiger partial charge in [0.05, 0.1) is 5.69 Å². The van der Waals surface area contributed by atoms with Gasteiger partial charge in [0.15, 0.2) is 0 Å². The maximum absolute atomic E-state index is 9.94. The number of aliphatic hydroxyl groups excluding tert-OH is 1. The van der Waals surface area contributed by atoms with Crippen LogP contribution >= 0.6 is 15.9 Å². The van der Waals surface area contributed by atoms with Crippen molar-refractivity contribution in [1.82, 2.24) is 9.97 Å². The molecule has 0 saturated carbocycles. The second kappa shape index (κ2) is 5.18. The van der Waals surface area contributed by atoms with Gasteiger partial charge in [0.25, 0.3) is 0 Å². The number of rotatable bonds is 3. The van der Waals surface area contributed by atoms with E-state index in [0.717, 1.165) is 10.0 Å². The second-order valence-corrected chi connectivity index (χ2v) is 4.40. The molecule has 82 valence electrons. The smallest absolute Gasteiger partial charge is 0.115 e. The predicted molar refractivity (Wildman–Crippen MR) is 64.8 cm³/mol. The van der Waals surface area contributed by atoms with Crippen LogP contribution in [0, 0.1) is 0 Å². The molecule has 4 heteroatoms. The number of halogens is 1. The Kier molecular flexibility index (Phi) is 3.64. The van der Waals surface area contributed by atoms with Crippen molar-refractivity contribution in [3.05, 3.63) is 58.6 Å². The molecule has 3 nitrogen and oxygen atoms in total. The fourth-order valence-corrected chi connectivity index (χ4v) is 1.71. The maximum atomic E-state index is 9.94. The third-order valence-electron chi connectivity index (χ3n) is 2.29. The maximum Gasteiger partial charge on any atom is 0.115 e. The number of nitrogens with zero attached hydrogens (tertiary/aromatic N) is 2. The Morgan fingerprint density at radius 3 is 2.56 bits per heavy atom. The second-order valence-electron chi connectivity index (χ2n) is 3.48. The molecular weight excluding hydrogens is 268 g/mol. The summed E-state index contributed by atoms with van der Waals surface area (Å²) in [6.07, 6.45) is 3.06. The molecule has 16 heavy (non-hydrogen) atoms. The van der Waals surface area contributed by atoms with Gasteiger partial charge in [0, 0.05) is 17.1 Å². The van der Waals surface area contributed by atoms with E-state index in [1.807, 2.05) is 24.3 Å². The molecule has 0 aliphatic heterocycles. The highest BCUT2D eigenvalue weighted by molar-refractivity contribution is 9.10. The Balaban J connectivity index is 2.08. The summed E-state index contributed by atoms with van der Waals surface area (Å²) in [4.78, 5) is 7.84. The van der Waals surface area contributed by atoms with Crippen LogP contribution in [0.3, 0.4) is 0 Å². The van der Waals surface area contributed by atoms with Crippen molar-refractivity contribution in [2.45, 2.75) is 12.5 Å². The summed E-state index contributed by atoms with van der Waals surface area (Å²) < 4.78 is 1.03. The predicted octanol–water partition coefficient (Wildman–Crippen LogP) is 2.52. The van der Waals surface area contributed by atoms with E-state index in [4.69, 9.17) is 0 Å². The van der Waals surface area contributed by atoms with Gasteiger partial charge in [-0.05, 0) is 23.8 Å². The summed E-state index contributed by atoms with van der Waals surface area (Å²) in [5.74, 6) is 0. The molecule has 1 aromatic heterocycles. The van der Waals surface area contributed by atoms with E-state index in [1.54, 1.807) is 12.3 Å². The molecule has 0 amide bonds. The quantitative estimate of drug-likeness (QED) is 0.939. The first-order valence-electron chi connectivity index (χ1n) is 4.94. The van der Waals surface area contributed by atoms with E-state index in [9.17, 15) is 5.11 Å². The Hall–Kier alpha value is -1.26. The van der Waals surface area contributed by atoms with Gasteiger partial charge in [0.2, 0.25) is 0 Å². The van der Waals surface area contributed by atoms with Crippen LogP contribution in [0.4, 0.5) is 0 Å². The summed E-state index contributed by atoms with van der Waals surface area (Å²) in [7, 11) is 0. The van der Waals surface area contributed by atoms with E-state index >= 15 is 0 Å². The highest BCUT2D eigenvalue weighted by atomic mass is 79.9. The molecule has 0 aliphatic carbocycles. The molecule has 0 spiro atoms. The number of hydrogen-bond donors (Lipinski definition) is 1. The Morgan fingerprint density at radius 1 is 1.19 bits per heavy atom. The van der Waals surface area contributed by atoms with E-state index in [-0.39, 0.29) is 0 Å². The zero-order valence-corrected chi connectivity index (χ0v) is 10.1. The number of hydrogen-bond acceptors (Lipinski definition) is 3. The lowest BCUT2D eigenvalue weighted by Gasteiger charge is -2.09. The van der Waals surface area contributed by atoms with E-state index in [0.29, 0.717) is 12.1 Å². The fraction of sp³-hybridized carbons (Fsp3) is 0.167. The fourth-order valence-electron chi connectivity index (χ4n) is 1.45. The average Bonchev–Trinajstić information content (AvgIpc) is 2.33.